The van der Waals surface area contributed by atoms with E-state index in [9.17, 15) is 105 Å². The van der Waals surface area contributed by atoms with Gasteiger partial charge >= 0.3 is 49.4 Å². The van der Waals surface area contributed by atoms with Gasteiger partial charge in [0.05, 0.1) is 44.5 Å². The van der Waals surface area contributed by atoms with Crippen LogP contribution in [0.3, 0.4) is 0 Å². The molecule has 26 heteroatoms. The van der Waals surface area contributed by atoms with Crippen molar-refractivity contribution in [2.45, 2.75) is 62.9 Å². The first kappa shape index (κ1) is 59.1. The molecule has 0 N–H and O–H groups in total. The lowest BCUT2D eigenvalue weighted by molar-refractivity contribution is -0.677. The van der Waals surface area contributed by atoms with Crippen molar-refractivity contribution in [1.29, 1.82) is 0 Å². The van der Waals surface area contributed by atoms with E-state index in [1.807, 2.05) is 0 Å². The fourth-order valence-corrected chi connectivity index (χ4v) is 8.45. The van der Waals surface area contributed by atoms with Crippen molar-refractivity contribution >= 4 is 28.0 Å². The Balaban J connectivity index is 0.000000397. The Hall–Kier alpha value is -7.15. The molecule has 7 rings (SSSR count). The predicted molar refractivity (Wildman–Crippen MR) is 232 cm³/mol. The number of aromatic nitrogens is 1. The van der Waals surface area contributed by atoms with E-state index >= 15 is 0 Å². The number of rotatable bonds is 7. The van der Waals surface area contributed by atoms with Crippen LogP contribution >= 0.6 is 0 Å². The Morgan fingerprint density at radius 3 is 0.831 bits per heavy atom. The van der Waals surface area contributed by atoms with Crippen molar-refractivity contribution < 1.29 is 110 Å². The predicted octanol–water partition coefficient (Wildman–Crippen LogP) is 15.2. The van der Waals surface area contributed by atoms with Crippen LogP contribution in [0.25, 0.3) is 11.3 Å². The molecule has 0 saturated carbocycles. The SMILES string of the molecule is Cc1ccc(-c2cccc[n+]2Cc2ccccc2)cc1.FC(F)(F)c1cc([B-](c2cc(C(F)(F)F)cc(C(F)(F)F)c2)(c2cc(C(F)(F)F)cc(C(F)(F)F)c2)c2cc(C(F)(F)F)cc(C(F)(F)F)c2)cc(C(F)(F)F)c1. The van der Waals surface area contributed by atoms with Gasteiger partial charge in [-0.1, -0.05) is 96.6 Å². The molecule has 410 valence electrons. The van der Waals surface area contributed by atoms with Gasteiger partial charge in [-0.05, 0) is 49.4 Å². The highest BCUT2D eigenvalue weighted by atomic mass is 19.4. The molecule has 0 aliphatic rings. The summed E-state index contributed by atoms with van der Waals surface area (Å²) in [5.74, 6) is 0. The molecule has 0 aliphatic carbocycles. The number of benzene rings is 6. The number of pyridine rings is 1. The molecule has 1 aromatic heterocycles. The molecule has 0 atom stereocenters. The van der Waals surface area contributed by atoms with Crippen molar-refractivity contribution in [3.05, 3.63) is 207 Å². The highest BCUT2D eigenvalue weighted by Gasteiger charge is 2.47. The van der Waals surface area contributed by atoms with Crippen LogP contribution in [0.4, 0.5) is 105 Å². The molecule has 7 aromatic rings. The molecule has 0 bridgehead atoms. The quantitative estimate of drug-likeness (QED) is 0.0851. The minimum atomic E-state index is -6.13. The second-order valence-electron chi connectivity index (χ2n) is 17.3. The lowest BCUT2D eigenvalue weighted by atomic mass is 9.12. The van der Waals surface area contributed by atoms with Gasteiger partial charge in [0.15, 0.2) is 12.7 Å². The number of nitrogens with zero attached hydrogens (tertiary/aromatic N) is 1. The molecular formula is C51H30BF24N. The molecular weight excluding hydrogens is 1090 g/mol. The summed E-state index contributed by atoms with van der Waals surface area (Å²) in [5.41, 5.74) is -25.1. The third-order valence-electron chi connectivity index (χ3n) is 11.9. The van der Waals surface area contributed by atoms with Crippen molar-refractivity contribution in [2.75, 3.05) is 0 Å². The topological polar surface area (TPSA) is 3.88 Å². The molecule has 0 aliphatic heterocycles. The molecule has 0 unspecified atom stereocenters. The van der Waals surface area contributed by atoms with E-state index in [0.29, 0.717) is 0 Å². The van der Waals surface area contributed by atoms with E-state index in [-0.39, 0.29) is 0 Å². The van der Waals surface area contributed by atoms with Crippen LogP contribution in [0.1, 0.15) is 55.6 Å². The van der Waals surface area contributed by atoms with E-state index < -0.39 is 195 Å². The summed E-state index contributed by atoms with van der Waals surface area (Å²) in [6.45, 7) is 3.01. The van der Waals surface area contributed by atoms with Gasteiger partial charge in [0.2, 0.25) is 5.69 Å². The van der Waals surface area contributed by atoms with Gasteiger partial charge < -0.3 is 0 Å². The number of halogens is 24. The Morgan fingerprint density at radius 2 is 0.571 bits per heavy atom. The summed E-state index contributed by atoms with van der Waals surface area (Å²) >= 11 is 0. The van der Waals surface area contributed by atoms with Gasteiger partial charge in [-0.25, -0.2) is 0 Å². The zero-order valence-electron chi connectivity index (χ0n) is 38.2. The molecule has 1 heterocycles. The third kappa shape index (κ3) is 13.7. The Morgan fingerprint density at radius 1 is 0.312 bits per heavy atom. The van der Waals surface area contributed by atoms with Crippen LogP contribution in [0.15, 0.2) is 152 Å². The van der Waals surface area contributed by atoms with Crippen LogP contribution in [0, 0.1) is 6.92 Å². The average molecular weight is 1120 g/mol. The van der Waals surface area contributed by atoms with Crippen LogP contribution in [-0.4, -0.2) is 6.15 Å². The molecule has 0 fully saturated rings. The lowest BCUT2D eigenvalue weighted by Gasteiger charge is -2.46. The maximum Gasteiger partial charge on any atom is 0.416 e. The number of aryl methyl sites for hydroxylation is 1. The number of hydrogen-bond donors (Lipinski definition) is 0. The molecule has 0 amide bonds. The summed E-state index contributed by atoms with van der Waals surface area (Å²) < 4.78 is 343. The van der Waals surface area contributed by atoms with Crippen molar-refractivity contribution in [3.63, 3.8) is 0 Å². The average Bonchev–Trinajstić information content (AvgIpc) is 3.30. The standard InChI is InChI=1S/C32H12BF24.C19H18N/c34-25(35,36)13-1-14(26(37,38)39)6-21(5-13)33(22-7-15(27(40,41)42)2-16(8-22)28(43,44)45,23-9-17(29(46,47)48)3-18(10-23)30(49,50)51)24-11-19(31(52,53)54)4-20(12-24)32(55,56)57;1-16-10-12-18(13-11-16)19-9-5-6-14-20(19)15-17-7-3-2-4-8-17/h1-12H;2-14H,15H2,1H3/q-1;+1. The van der Waals surface area contributed by atoms with Crippen LogP contribution in [0.5, 0.6) is 0 Å². The van der Waals surface area contributed by atoms with Gasteiger partial charge in [-0.2, -0.15) is 132 Å². The van der Waals surface area contributed by atoms with Gasteiger partial charge in [0, 0.05) is 23.3 Å². The molecule has 1 nitrogen and oxygen atoms in total. The molecule has 0 saturated heterocycles. The van der Waals surface area contributed by atoms with Crippen LogP contribution < -0.4 is 26.4 Å². The first-order chi connectivity index (χ1) is 35.1. The Bertz CT molecular complexity index is 2770. The second-order valence-corrected chi connectivity index (χ2v) is 17.3. The van der Waals surface area contributed by atoms with E-state index in [1.165, 1.54) is 22.4 Å². The van der Waals surface area contributed by atoms with Gasteiger partial charge in [0.1, 0.15) is 6.15 Å². The third-order valence-corrected chi connectivity index (χ3v) is 11.9. The Kier molecular flexibility index (Phi) is 15.9. The fraction of sp³-hybridized carbons (Fsp3) is 0.196. The molecule has 77 heavy (non-hydrogen) atoms. The Labute approximate surface area is 418 Å². The molecule has 0 radical (unpaired) electrons. The van der Waals surface area contributed by atoms with Crippen molar-refractivity contribution in [1.82, 2.24) is 0 Å². The van der Waals surface area contributed by atoms with Gasteiger partial charge in [-0.15, -0.1) is 0 Å². The number of alkyl halides is 24. The maximum atomic E-state index is 14.2. The summed E-state index contributed by atoms with van der Waals surface area (Å²) in [6, 6.07) is 16.8. The lowest BCUT2D eigenvalue weighted by Crippen LogP contribution is -2.75. The smallest absolute Gasteiger partial charge is 0.194 e. The summed E-state index contributed by atoms with van der Waals surface area (Å²) in [4.78, 5) is 0. The summed E-state index contributed by atoms with van der Waals surface area (Å²) in [5, 5.41) is 0. The van der Waals surface area contributed by atoms with Gasteiger partial charge in [0.25, 0.3) is 0 Å². The highest BCUT2D eigenvalue weighted by molar-refractivity contribution is 7.20. The van der Waals surface area contributed by atoms with Crippen molar-refractivity contribution in [2.24, 2.45) is 0 Å². The van der Waals surface area contributed by atoms with Crippen LogP contribution in [0.2, 0.25) is 0 Å². The minimum absolute atomic E-state index is 0.691. The zero-order valence-corrected chi connectivity index (χ0v) is 38.2. The largest absolute Gasteiger partial charge is 0.416 e. The first-order valence-corrected chi connectivity index (χ1v) is 21.5. The van der Waals surface area contributed by atoms with E-state index in [1.54, 1.807) is 0 Å². The van der Waals surface area contributed by atoms with Crippen molar-refractivity contribution in [3.8, 4) is 11.3 Å². The highest BCUT2D eigenvalue weighted by Crippen LogP contribution is 2.41. The normalized spacial score (nSPS) is 13.3. The first-order valence-electron chi connectivity index (χ1n) is 21.5. The van der Waals surface area contributed by atoms with E-state index in [2.05, 4.69) is 90.5 Å². The van der Waals surface area contributed by atoms with Crippen LogP contribution in [-0.2, 0) is 56.0 Å². The molecule has 0 spiro atoms. The molecule has 6 aromatic carbocycles. The second kappa shape index (κ2) is 20.7. The fourth-order valence-electron chi connectivity index (χ4n) is 8.45. The van der Waals surface area contributed by atoms with E-state index in [0.717, 1.165) is 6.54 Å². The van der Waals surface area contributed by atoms with E-state index in [4.69, 9.17) is 0 Å². The maximum absolute atomic E-state index is 14.2. The monoisotopic (exact) mass is 1120 g/mol. The minimum Gasteiger partial charge on any atom is -0.194 e. The zero-order chi connectivity index (χ0) is 57.7. The number of hydrogen-bond acceptors (Lipinski definition) is 0. The summed E-state index contributed by atoms with van der Waals surface area (Å²) in [6.07, 6.45) is -52.7. The van der Waals surface area contributed by atoms with Gasteiger partial charge in [-0.3, -0.25) is 0 Å². The summed E-state index contributed by atoms with van der Waals surface area (Å²) in [7, 11) is 0.